The number of carbonyl (C=O) groups is 1. The highest BCUT2D eigenvalue weighted by molar-refractivity contribution is 7.96. The van der Waals surface area contributed by atoms with Gasteiger partial charge < -0.3 is 15.2 Å². The van der Waals surface area contributed by atoms with Gasteiger partial charge in [-0.2, -0.15) is 11.4 Å². The molecule has 110 valence electrons. The second-order valence-corrected chi connectivity index (χ2v) is 5.25. The summed E-state index contributed by atoms with van der Waals surface area (Å²) in [5, 5.41) is 12.1. The van der Waals surface area contributed by atoms with Crippen molar-refractivity contribution < 1.29 is 14.6 Å². The van der Waals surface area contributed by atoms with E-state index in [-0.39, 0.29) is 5.56 Å². The molecule has 0 aliphatic carbocycles. The number of ether oxygens (including phenoxy) is 1. The standard InChI is InChI=1S/C16H17NO3S/c1-20-13-8-6-12(7-9-13)10-21-11-17-15-5-3-2-4-14(15)16(18)19/h2-9,11,17,21H,10H2,1H3,(H,18,19). The molecule has 0 radical (unpaired) electrons. The number of nitrogens with one attached hydrogen (secondary N) is 1. The minimum Gasteiger partial charge on any atom is -0.497 e. The van der Waals surface area contributed by atoms with Gasteiger partial charge in [0.2, 0.25) is 0 Å². The molecule has 0 unspecified atom stereocenters. The highest BCUT2D eigenvalue weighted by Gasteiger charge is 2.06. The largest absolute Gasteiger partial charge is 0.497 e. The summed E-state index contributed by atoms with van der Waals surface area (Å²) in [5.74, 6) is 0.762. The lowest BCUT2D eigenvalue weighted by molar-refractivity contribution is 0.0698. The lowest BCUT2D eigenvalue weighted by Gasteiger charge is -2.05. The number of rotatable bonds is 6. The van der Waals surface area contributed by atoms with Crippen LogP contribution in [0.5, 0.6) is 5.75 Å². The minimum absolute atomic E-state index is 0.272. The third-order valence-electron chi connectivity index (χ3n) is 2.90. The Balaban J connectivity index is 1.95. The lowest BCUT2D eigenvalue weighted by atomic mass is 10.2. The van der Waals surface area contributed by atoms with Gasteiger partial charge >= 0.3 is 5.97 Å². The van der Waals surface area contributed by atoms with Crippen LogP contribution in [0.1, 0.15) is 15.9 Å². The zero-order valence-corrected chi connectivity index (χ0v) is 12.5. The van der Waals surface area contributed by atoms with Gasteiger partial charge in [-0.15, -0.1) is 0 Å². The average molecular weight is 303 g/mol. The molecule has 0 aliphatic rings. The van der Waals surface area contributed by atoms with Crippen LogP contribution < -0.4 is 10.1 Å². The highest BCUT2D eigenvalue weighted by Crippen LogP contribution is 2.15. The van der Waals surface area contributed by atoms with Crippen LogP contribution in [0.4, 0.5) is 5.69 Å². The van der Waals surface area contributed by atoms with Crippen LogP contribution in [0.15, 0.2) is 48.5 Å². The average Bonchev–Trinajstić information content (AvgIpc) is 2.52. The third kappa shape index (κ3) is 4.36. The second kappa shape index (κ2) is 7.50. The molecule has 0 saturated heterocycles. The second-order valence-electron chi connectivity index (χ2n) is 4.31. The molecule has 0 amide bonds. The Morgan fingerprint density at radius 2 is 1.95 bits per heavy atom. The molecule has 0 fully saturated rings. The Morgan fingerprint density at radius 3 is 2.62 bits per heavy atom. The number of anilines is 1. The van der Waals surface area contributed by atoms with E-state index in [0.717, 1.165) is 22.9 Å². The van der Waals surface area contributed by atoms with Gasteiger partial charge in [0.05, 0.1) is 18.4 Å². The summed E-state index contributed by atoms with van der Waals surface area (Å²) in [5.41, 5.74) is 3.93. The molecule has 4 nitrogen and oxygen atoms in total. The van der Waals surface area contributed by atoms with Gasteiger partial charge in [-0.05, 0) is 29.8 Å². The zero-order chi connectivity index (χ0) is 15.1. The maximum absolute atomic E-state index is 11.1. The Morgan fingerprint density at radius 1 is 1.24 bits per heavy atom. The lowest BCUT2D eigenvalue weighted by Crippen LogP contribution is -2.03. The van der Waals surface area contributed by atoms with E-state index in [1.807, 2.05) is 35.8 Å². The van der Waals surface area contributed by atoms with E-state index in [0.29, 0.717) is 5.69 Å². The molecule has 21 heavy (non-hydrogen) atoms. The van der Waals surface area contributed by atoms with E-state index in [1.165, 1.54) is 5.56 Å². The van der Waals surface area contributed by atoms with Gasteiger partial charge in [-0.1, -0.05) is 24.3 Å². The van der Waals surface area contributed by atoms with E-state index in [4.69, 9.17) is 9.84 Å². The number of carboxylic acid groups (broad SMARTS) is 1. The summed E-state index contributed by atoms with van der Waals surface area (Å²) >= 11 is 1.06. The third-order valence-corrected chi connectivity index (χ3v) is 3.76. The molecule has 2 aromatic carbocycles. The molecule has 0 aliphatic heterocycles. The molecular formula is C16H17NO3S. The maximum atomic E-state index is 11.1. The Hall–Kier alpha value is -2.27. The number of hydrogen-bond donors (Lipinski definition) is 3. The van der Waals surface area contributed by atoms with Crippen molar-refractivity contribution in [2.75, 3.05) is 12.4 Å². The normalized spacial score (nSPS) is 10.9. The van der Waals surface area contributed by atoms with Crippen LogP contribution in [0.3, 0.4) is 0 Å². The molecule has 2 aromatic rings. The maximum Gasteiger partial charge on any atom is 0.337 e. The number of aromatic carboxylic acids is 1. The molecule has 5 heteroatoms. The van der Waals surface area contributed by atoms with Crippen molar-refractivity contribution in [3.8, 4) is 5.75 Å². The van der Waals surface area contributed by atoms with Crippen molar-refractivity contribution in [3.05, 3.63) is 59.7 Å². The van der Waals surface area contributed by atoms with E-state index in [1.54, 1.807) is 25.3 Å². The SMILES string of the molecule is COc1ccc(C[SH]=CNc2ccccc2C(=O)O)cc1. The number of carboxylic acids is 1. The quantitative estimate of drug-likeness (QED) is 0.566. The first kappa shape index (κ1) is 15.1. The van der Waals surface area contributed by atoms with E-state index in [2.05, 4.69) is 5.32 Å². The first-order chi connectivity index (χ1) is 10.2. The predicted octanol–water partition coefficient (Wildman–Crippen LogP) is 3.23. The molecule has 0 atom stereocenters. The van der Waals surface area contributed by atoms with Gasteiger partial charge in [0, 0.05) is 11.2 Å². The summed E-state index contributed by atoms with van der Waals surface area (Å²) in [6.45, 7) is 0. The van der Waals surface area contributed by atoms with Crippen molar-refractivity contribution in [2.45, 2.75) is 5.75 Å². The van der Waals surface area contributed by atoms with E-state index in [9.17, 15) is 4.79 Å². The number of methoxy groups -OCH3 is 1. The fraction of sp³-hybridized carbons (Fsp3) is 0.125. The molecule has 0 bridgehead atoms. The van der Waals surface area contributed by atoms with Crippen molar-refractivity contribution in [1.29, 1.82) is 0 Å². The number of hydrogen-bond acceptors (Lipinski definition) is 2. The number of para-hydroxylation sites is 1. The highest BCUT2D eigenvalue weighted by atomic mass is 32.1. The molecule has 0 saturated carbocycles. The van der Waals surface area contributed by atoms with Crippen LogP contribution in [0, 0.1) is 0 Å². The van der Waals surface area contributed by atoms with Crippen LogP contribution in [0.2, 0.25) is 0 Å². The van der Waals surface area contributed by atoms with Crippen molar-refractivity contribution in [2.24, 2.45) is 0 Å². The van der Waals surface area contributed by atoms with Gasteiger partial charge in [0.1, 0.15) is 5.75 Å². The number of benzene rings is 2. The summed E-state index contributed by atoms with van der Waals surface area (Å²) in [4.78, 5) is 11.1. The Labute approximate surface area is 127 Å². The van der Waals surface area contributed by atoms with Crippen LogP contribution in [-0.2, 0) is 5.75 Å². The minimum atomic E-state index is -0.932. The van der Waals surface area contributed by atoms with Gasteiger partial charge in [-0.25, -0.2) is 4.79 Å². The molecule has 2 rings (SSSR count). The first-order valence-corrected chi connectivity index (χ1v) is 7.55. The van der Waals surface area contributed by atoms with Gasteiger partial charge in [0.25, 0.3) is 0 Å². The first-order valence-electron chi connectivity index (χ1n) is 6.41. The van der Waals surface area contributed by atoms with Crippen LogP contribution in [-0.4, -0.2) is 23.7 Å². The van der Waals surface area contributed by atoms with E-state index < -0.39 is 5.97 Å². The molecule has 2 N–H and O–H groups in total. The fourth-order valence-electron chi connectivity index (χ4n) is 1.79. The van der Waals surface area contributed by atoms with Crippen molar-refractivity contribution in [3.63, 3.8) is 0 Å². The van der Waals surface area contributed by atoms with Crippen molar-refractivity contribution >= 4 is 28.5 Å². The van der Waals surface area contributed by atoms with Gasteiger partial charge in [0.15, 0.2) is 0 Å². The van der Waals surface area contributed by atoms with E-state index >= 15 is 0 Å². The Bertz CT molecular complexity index is 638. The summed E-state index contributed by atoms with van der Waals surface area (Å²) in [7, 11) is 1.64. The Kier molecular flexibility index (Phi) is 5.40. The molecule has 0 aromatic heterocycles. The fourth-order valence-corrected chi connectivity index (χ4v) is 2.54. The number of thiol groups is 1. The van der Waals surface area contributed by atoms with Crippen molar-refractivity contribution in [1.82, 2.24) is 0 Å². The summed E-state index contributed by atoms with van der Waals surface area (Å²) < 4.78 is 5.11. The molecule has 0 spiro atoms. The predicted molar refractivity (Wildman–Crippen MR) is 88.8 cm³/mol. The smallest absolute Gasteiger partial charge is 0.337 e. The monoisotopic (exact) mass is 303 g/mol. The molecule has 0 heterocycles. The zero-order valence-electron chi connectivity index (χ0n) is 11.6. The van der Waals surface area contributed by atoms with Gasteiger partial charge in [-0.3, -0.25) is 0 Å². The summed E-state index contributed by atoms with van der Waals surface area (Å²) in [6.07, 6.45) is 0. The molecular weight excluding hydrogens is 286 g/mol. The van der Waals surface area contributed by atoms with Crippen LogP contribution in [0.25, 0.3) is 0 Å². The summed E-state index contributed by atoms with van der Waals surface area (Å²) in [6, 6.07) is 14.8. The topological polar surface area (TPSA) is 58.6 Å². The van der Waals surface area contributed by atoms with Crippen LogP contribution >= 0.6 is 11.4 Å².